The van der Waals surface area contributed by atoms with Crippen molar-refractivity contribution in [3.63, 3.8) is 0 Å². The van der Waals surface area contributed by atoms with Crippen LogP contribution in [0.25, 0.3) is 0 Å². The minimum Gasteiger partial charge on any atom is -0.529 e. The number of hydrogen-bond donors (Lipinski definition) is 0. The van der Waals surface area contributed by atoms with Crippen LogP contribution in [0.5, 0.6) is 0 Å². The number of benzene rings is 1. The predicted molar refractivity (Wildman–Crippen MR) is 51.8 cm³/mol. The van der Waals surface area contributed by atoms with Gasteiger partial charge in [-0.2, -0.15) is 5.10 Å². The molecule has 0 bridgehead atoms. The van der Waals surface area contributed by atoms with Crippen molar-refractivity contribution >= 4 is 12.3 Å². The summed E-state index contributed by atoms with van der Waals surface area (Å²) in [7, 11) is 0. The molecule has 0 spiro atoms. The average Bonchev–Trinajstić information content (AvgIpc) is 2.20. The third kappa shape index (κ3) is 5.43. The first kappa shape index (κ1) is 14.8. The number of carbonyl (C=O) groups is 1. The molecule has 1 aromatic rings. The zero-order chi connectivity index (χ0) is 10.4. The normalized spacial score (nSPS) is 9.67. The molecule has 1 amide bonds. The Bertz CT molecular complexity index is 327. The zero-order valence-corrected chi connectivity index (χ0v) is 12.0. The standard InChI is InChI=1S/C10H12N2O2.K/c1-2-12(10(13)14)11-8-9-6-4-3-5-7-9;/h3-8H,2H2,1H3,(H,13,14);/q;+1/p-1. The third-order valence-electron chi connectivity index (χ3n) is 1.66. The number of nitrogens with zero attached hydrogens (tertiary/aromatic N) is 2. The van der Waals surface area contributed by atoms with E-state index in [-0.39, 0.29) is 57.9 Å². The fourth-order valence-electron chi connectivity index (χ4n) is 0.933. The van der Waals surface area contributed by atoms with Gasteiger partial charge < -0.3 is 9.90 Å². The summed E-state index contributed by atoms with van der Waals surface area (Å²) in [5.41, 5.74) is 0.854. The minimum absolute atomic E-state index is 0. The summed E-state index contributed by atoms with van der Waals surface area (Å²) in [5.74, 6) is 0. The average molecular weight is 230 g/mol. The van der Waals surface area contributed by atoms with Gasteiger partial charge in [-0.1, -0.05) is 30.3 Å². The molecule has 4 nitrogen and oxygen atoms in total. The first-order chi connectivity index (χ1) is 6.74. The number of carboxylic acid groups (broad SMARTS) is 1. The van der Waals surface area contributed by atoms with Gasteiger partial charge in [0.25, 0.3) is 0 Å². The Labute approximate surface area is 131 Å². The summed E-state index contributed by atoms with van der Waals surface area (Å²) in [5, 5.41) is 15.1. The summed E-state index contributed by atoms with van der Waals surface area (Å²) in [6, 6.07) is 9.28. The molecule has 0 saturated heterocycles. The third-order valence-corrected chi connectivity index (χ3v) is 1.66. The molecule has 0 atom stereocenters. The van der Waals surface area contributed by atoms with E-state index in [1.165, 1.54) is 6.21 Å². The van der Waals surface area contributed by atoms with Crippen molar-refractivity contribution in [2.75, 3.05) is 6.54 Å². The van der Waals surface area contributed by atoms with Crippen molar-refractivity contribution in [1.82, 2.24) is 5.01 Å². The van der Waals surface area contributed by atoms with E-state index in [2.05, 4.69) is 5.10 Å². The van der Waals surface area contributed by atoms with Crippen LogP contribution in [-0.4, -0.2) is 23.9 Å². The van der Waals surface area contributed by atoms with Crippen LogP contribution >= 0.6 is 0 Å². The number of rotatable bonds is 3. The smallest absolute Gasteiger partial charge is 0.529 e. The van der Waals surface area contributed by atoms with Gasteiger partial charge in [-0.05, 0) is 12.5 Å². The summed E-state index contributed by atoms with van der Waals surface area (Å²) in [4.78, 5) is 10.5. The molecular weight excluding hydrogens is 219 g/mol. The molecular formula is C10H11KN2O2. The Balaban J connectivity index is 0.00000196. The molecule has 0 saturated carbocycles. The Morgan fingerprint density at radius 1 is 1.47 bits per heavy atom. The fraction of sp³-hybridized carbons (Fsp3) is 0.200. The molecule has 0 aliphatic carbocycles. The van der Waals surface area contributed by atoms with Crippen LogP contribution in [0.3, 0.4) is 0 Å². The Morgan fingerprint density at radius 2 is 2.07 bits per heavy atom. The van der Waals surface area contributed by atoms with Crippen LogP contribution in [0, 0.1) is 0 Å². The molecule has 0 aromatic heterocycles. The van der Waals surface area contributed by atoms with E-state index in [1.54, 1.807) is 6.92 Å². The van der Waals surface area contributed by atoms with Gasteiger partial charge in [0.05, 0.1) is 6.21 Å². The maximum atomic E-state index is 10.5. The summed E-state index contributed by atoms with van der Waals surface area (Å²) < 4.78 is 0. The van der Waals surface area contributed by atoms with Gasteiger partial charge in [-0.25, -0.2) is 5.01 Å². The fourth-order valence-corrected chi connectivity index (χ4v) is 0.933. The Morgan fingerprint density at radius 3 is 2.53 bits per heavy atom. The van der Waals surface area contributed by atoms with Crippen LogP contribution < -0.4 is 56.5 Å². The molecule has 0 N–H and O–H groups in total. The number of hydrogen-bond acceptors (Lipinski definition) is 3. The van der Waals surface area contributed by atoms with E-state index in [1.807, 2.05) is 30.3 Å². The van der Waals surface area contributed by atoms with Crippen molar-refractivity contribution in [3.8, 4) is 0 Å². The van der Waals surface area contributed by atoms with Crippen LogP contribution in [-0.2, 0) is 0 Å². The number of carbonyl (C=O) groups excluding carboxylic acids is 1. The molecule has 5 heteroatoms. The van der Waals surface area contributed by atoms with E-state index < -0.39 is 6.09 Å². The molecule has 1 rings (SSSR count). The topological polar surface area (TPSA) is 55.7 Å². The van der Waals surface area contributed by atoms with Crippen molar-refractivity contribution < 1.29 is 61.3 Å². The molecule has 0 aliphatic heterocycles. The molecule has 0 aliphatic rings. The molecule has 1 aromatic carbocycles. The van der Waals surface area contributed by atoms with Gasteiger partial charge in [-0.15, -0.1) is 0 Å². The molecule has 0 radical (unpaired) electrons. The van der Waals surface area contributed by atoms with Crippen LogP contribution in [0.15, 0.2) is 35.4 Å². The van der Waals surface area contributed by atoms with E-state index in [0.717, 1.165) is 10.6 Å². The second-order valence-electron chi connectivity index (χ2n) is 2.64. The van der Waals surface area contributed by atoms with E-state index >= 15 is 0 Å². The molecule has 0 heterocycles. The maximum Gasteiger partial charge on any atom is 1.00 e. The largest absolute Gasteiger partial charge is 1.00 e. The first-order valence-corrected chi connectivity index (χ1v) is 4.31. The molecule has 0 unspecified atom stereocenters. The maximum absolute atomic E-state index is 10.5. The Kier molecular flexibility index (Phi) is 7.90. The second kappa shape index (κ2) is 8.01. The van der Waals surface area contributed by atoms with E-state index in [0.29, 0.717) is 0 Å². The second-order valence-corrected chi connectivity index (χ2v) is 2.64. The summed E-state index contributed by atoms with van der Waals surface area (Å²) in [6.07, 6.45) is 0.193. The van der Waals surface area contributed by atoms with Crippen molar-refractivity contribution in [2.45, 2.75) is 6.92 Å². The molecule has 74 valence electrons. The van der Waals surface area contributed by atoms with Crippen molar-refractivity contribution in [1.29, 1.82) is 0 Å². The van der Waals surface area contributed by atoms with Gasteiger partial charge in [0, 0.05) is 6.54 Å². The Hall–Kier alpha value is -0.204. The summed E-state index contributed by atoms with van der Waals surface area (Å²) in [6.45, 7) is 1.98. The summed E-state index contributed by atoms with van der Waals surface area (Å²) >= 11 is 0. The van der Waals surface area contributed by atoms with Gasteiger partial charge in [-0.3, -0.25) is 0 Å². The molecule has 0 fully saturated rings. The number of amides is 1. The van der Waals surface area contributed by atoms with Gasteiger partial charge in [0.1, 0.15) is 0 Å². The van der Waals surface area contributed by atoms with Crippen LogP contribution in [0.4, 0.5) is 4.79 Å². The van der Waals surface area contributed by atoms with Crippen molar-refractivity contribution in [2.24, 2.45) is 5.10 Å². The quantitative estimate of drug-likeness (QED) is 0.333. The SMILES string of the molecule is CCN(N=Cc1ccccc1)C(=O)[O-].[K+]. The monoisotopic (exact) mass is 230 g/mol. The number of hydrazone groups is 1. The van der Waals surface area contributed by atoms with Crippen LogP contribution in [0.1, 0.15) is 12.5 Å². The first-order valence-electron chi connectivity index (χ1n) is 4.31. The predicted octanol–water partition coefficient (Wildman–Crippen LogP) is -2.31. The van der Waals surface area contributed by atoms with Gasteiger partial charge in [0.15, 0.2) is 6.09 Å². The van der Waals surface area contributed by atoms with E-state index in [4.69, 9.17) is 0 Å². The van der Waals surface area contributed by atoms with Gasteiger partial charge in [0.2, 0.25) is 0 Å². The zero-order valence-electron chi connectivity index (χ0n) is 8.88. The van der Waals surface area contributed by atoms with Crippen molar-refractivity contribution in [3.05, 3.63) is 35.9 Å². The molecule has 15 heavy (non-hydrogen) atoms. The van der Waals surface area contributed by atoms with E-state index in [9.17, 15) is 9.90 Å². The minimum atomic E-state index is -1.29. The van der Waals surface area contributed by atoms with Crippen LogP contribution in [0.2, 0.25) is 0 Å². The van der Waals surface area contributed by atoms with Gasteiger partial charge >= 0.3 is 51.4 Å².